The average molecular weight is 472 g/mol. The van der Waals surface area contributed by atoms with E-state index in [0.717, 1.165) is 17.7 Å². The number of hydrogen-bond donors (Lipinski definition) is 2. The van der Waals surface area contributed by atoms with Crippen LogP contribution in [0.1, 0.15) is 5.56 Å². The van der Waals surface area contributed by atoms with Crippen molar-refractivity contribution in [1.82, 2.24) is 19.7 Å². The van der Waals surface area contributed by atoms with E-state index in [1.807, 2.05) is 24.3 Å². The quantitative estimate of drug-likeness (QED) is 0.346. The van der Waals surface area contributed by atoms with Crippen LogP contribution in [0, 0.1) is 11.6 Å². The Morgan fingerprint density at radius 3 is 2.20 bits per heavy atom. The molecule has 5 rings (SSSR count). The molecule has 0 aliphatic rings. The number of rotatable bonds is 7. The maximum atomic E-state index is 13.6. The van der Waals surface area contributed by atoms with E-state index in [1.165, 1.54) is 28.9 Å². The highest BCUT2D eigenvalue weighted by atomic mass is 19.1. The van der Waals surface area contributed by atoms with Gasteiger partial charge in [0.25, 0.3) is 0 Å². The molecule has 176 valence electrons. The molecule has 3 aromatic carbocycles. The van der Waals surface area contributed by atoms with E-state index < -0.39 is 0 Å². The van der Waals surface area contributed by atoms with Crippen LogP contribution in [0.25, 0.3) is 28.0 Å². The molecule has 9 heteroatoms. The van der Waals surface area contributed by atoms with Crippen molar-refractivity contribution >= 4 is 22.8 Å². The predicted octanol–water partition coefficient (Wildman–Crippen LogP) is 5.01. The van der Waals surface area contributed by atoms with Gasteiger partial charge in [-0.2, -0.15) is 4.98 Å². The molecule has 0 saturated heterocycles. The fourth-order valence-corrected chi connectivity index (χ4v) is 3.80. The molecule has 5 aromatic rings. The number of halogens is 2. The maximum absolute atomic E-state index is 13.6. The first-order valence-corrected chi connectivity index (χ1v) is 11.0. The highest BCUT2D eigenvalue weighted by Gasteiger charge is 2.19. The van der Waals surface area contributed by atoms with Crippen molar-refractivity contribution in [2.45, 2.75) is 6.42 Å². The monoisotopic (exact) mass is 472 g/mol. The molecule has 0 aliphatic heterocycles. The third-order valence-electron chi connectivity index (χ3n) is 5.61. The number of ether oxygens (including phenoxy) is 1. The van der Waals surface area contributed by atoms with E-state index in [-0.39, 0.29) is 11.6 Å². The van der Waals surface area contributed by atoms with Gasteiger partial charge in [0.2, 0.25) is 5.95 Å². The average Bonchev–Trinajstić information content (AvgIpc) is 3.21. The highest BCUT2D eigenvalue weighted by Crippen LogP contribution is 2.33. The first-order valence-electron chi connectivity index (χ1n) is 11.0. The molecule has 0 saturated carbocycles. The number of nitrogens with two attached hydrogens (primary N) is 1. The van der Waals surface area contributed by atoms with Crippen molar-refractivity contribution in [3.8, 4) is 22.7 Å². The molecular formula is C26H22F2N6O. The van der Waals surface area contributed by atoms with Crippen LogP contribution in [0.15, 0.2) is 72.8 Å². The van der Waals surface area contributed by atoms with Crippen molar-refractivity contribution < 1.29 is 13.5 Å². The summed E-state index contributed by atoms with van der Waals surface area (Å²) in [5.74, 6) is 0.754. The van der Waals surface area contributed by atoms with E-state index in [0.29, 0.717) is 46.3 Å². The SMILES string of the molecule is COc1ccc(CCNc2nc(-c3ccc(F)cc3)c3c(N)n(-c4ccc(F)cc4)nc3n2)cc1. The zero-order valence-corrected chi connectivity index (χ0v) is 18.9. The van der Waals surface area contributed by atoms with Crippen LogP contribution in [0.4, 0.5) is 20.5 Å². The van der Waals surface area contributed by atoms with Gasteiger partial charge in [0, 0.05) is 12.1 Å². The number of benzene rings is 3. The zero-order chi connectivity index (χ0) is 24.4. The molecule has 0 unspecified atom stereocenters. The van der Waals surface area contributed by atoms with E-state index in [2.05, 4.69) is 20.4 Å². The van der Waals surface area contributed by atoms with Gasteiger partial charge in [0.1, 0.15) is 23.2 Å². The van der Waals surface area contributed by atoms with E-state index >= 15 is 0 Å². The Hall–Kier alpha value is -4.53. The summed E-state index contributed by atoms with van der Waals surface area (Å²) in [6, 6.07) is 19.6. The normalized spacial score (nSPS) is 11.1. The topological polar surface area (TPSA) is 90.9 Å². The van der Waals surface area contributed by atoms with Crippen LogP contribution in [-0.2, 0) is 6.42 Å². The number of hydrogen-bond acceptors (Lipinski definition) is 6. The number of nitrogens with one attached hydrogen (secondary N) is 1. The minimum absolute atomic E-state index is 0.302. The van der Waals surface area contributed by atoms with Crippen molar-refractivity contribution in [2.75, 3.05) is 24.7 Å². The summed E-state index contributed by atoms with van der Waals surface area (Å²) in [4.78, 5) is 9.24. The maximum Gasteiger partial charge on any atom is 0.225 e. The molecule has 2 heterocycles. The van der Waals surface area contributed by atoms with Gasteiger partial charge in [-0.15, -0.1) is 5.10 Å². The molecule has 0 bridgehead atoms. The van der Waals surface area contributed by atoms with Crippen molar-refractivity contribution in [2.24, 2.45) is 0 Å². The summed E-state index contributed by atoms with van der Waals surface area (Å²) < 4.78 is 33.7. The number of methoxy groups -OCH3 is 1. The molecule has 35 heavy (non-hydrogen) atoms. The third kappa shape index (κ3) is 4.61. The van der Waals surface area contributed by atoms with Gasteiger partial charge in [0.15, 0.2) is 5.65 Å². The summed E-state index contributed by atoms with van der Waals surface area (Å²) in [7, 11) is 1.63. The number of anilines is 2. The van der Waals surface area contributed by atoms with E-state index in [9.17, 15) is 8.78 Å². The van der Waals surface area contributed by atoms with Crippen molar-refractivity contribution in [1.29, 1.82) is 0 Å². The molecule has 2 aromatic heterocycles. The Kier molecular flexibility index (Phi) is 5.97. The lowest BCUT2D eigenvalue weighted by Crippen LogP contribution is -2.09. The van der Waals surface area contributed by atoms with Crippen LogP contribution >= 0.6 is 0 Å². The number of aromatic nitrogens is 4. The molecule has 0 amide bonds. The molecule has 3 N–H and O–H groups in total. The van der Waals surface area contributed by atoms with Crippen LogP contribution in [0.3, 0.4) is 0 Å². The lowest BCUT2D eigenvalue weighted by atomic mass is 10.1. The minimum atomic E-state index is -0.362. The highest BCUT2D eigenvalue weighted by molar-refractivity contribution is 5.99. The summed E-state index contributed by atoms with van der Waals surface area (Å²) in [6.45, 7) is 0.578. The molecule has 7 nitrogen and oxygen atoms in total. The second-order valence-electron chi connectivity index (χ2n) is 7.90. The van der Waals surface area contributed by atoms with Gasteiger partial charge in [-0.25, -0.2) is 18.4 Å². The first kappa shape index (κ1) is 22.3. The molecular weight excluding hydrogens is 450 g/mol. The Morgan fingerprint density at radius 1 is 0.886 bits per heavy atom. The lowest BCUT2D eigenvalue weighted by molar-refractivity contribution is 0.414. The predicted molar refractivity (Wildman–Crippen MR) is 132 cm³/mol. The van der Waals surface area contributed by atoms with Gasteiger partial charge >= 0.3 is 0 Å². The molecule has 0 radical (unpaired) electrons. The van der Waals surface area contributed by atoms with Gasteiger partial charge < -0.3 is 15.8 Å². The standard InChI is InChI=1S/C26H22F2N6O/c1-35-21-12-2-16(3-13-21)14-15-30-26-31-23(17-4-6-18(27)7-5-17)22-24(29)34(33-25(22)32-26)20-10-8-19(28)9-11-20/h2-13H,14-15,29H2,1H3,(H,30,32,33). The fraction of sp³-hybridized carbons (Fsp3) is 0.115. The smallest absolute Gasteiger partial charge is 0.225 e. The van der Waals surface area contributed by atoms with Gasteiger partial charge in [0.05, 0.1) is 23.9 Å². The second-order valence-corrected chi connectivity index (χ2v) is 7.90. The van der Waals surface area contributed by atoms with Crippen LogP contribution < -0.4 is 15.8 Å². The third-order valence-corrected chi connectivity index (χ3v) is 5.61. The summed E-state index contributed by atoms with van der Waals surface area (Å²) >= 11 is 0. The van der Waals surface area contributed by atoms with Gasteiger partial charge in [-0.05, 0) is 72.6 Å². The summed E-state index contributed by atoms with van der Waals surface area (Å²) in [6.07, 6.45) is 0.740. The Bertz CT molecular complexity index is 1470. The largest absolute Gasteiger partial charge is 0.497 e. The Balaban J connectivity index is 1.51. The van der Waals surface area contributed by atoms with Gasteiger partial charge in [-0.1, -0.05) is 12.1 Å². The molecule has 0 atom stereocenters. The lowest BCUT2D eigenvalue weighted by Gasteiger charge is -2.09. The minimum Gasteiger partial charge on any atom is -0.497 e. The summed E-state index contributed by atoms with van der Waals surface area (Å²) in [5, 5.41) is 8.33. The molecule has 0 aliphatic carbocycles. The van der Waals surface area contributed by atoms with Crippen molar-refractivity contribution in [3.05, 3.63) is 90.0 Å². The van der Waals surface area contributed by atoms with Crippen LogP contribution in [0.5, 0.6) is 5.75 Å². The summed E-state index contributed by atoms with van der Waals surface area (Å²) in [5.41, 5.74) is 9.72. The van der Waals surface area contributed by atoms with Crippen molar-refractivity contribution in [3.63, 3.8) is 0 Å². The molecule has 0 fully saturated rings. The molecule has 0 spiro atoms. The van der Waals surface area contributed by atoms with Crippen LogP contribution in [-0.4, -0.2) is 33.4 Å². The van der Waals surface area contributed by atoms with Crippen LogP contribution in [0.2, 0.25) is 0 Å². The zero-order valence-electron chi connectivity index (χ0n) is 18.9. The number of fused-ring (bicyclic) bond motifs is 1. The second kappa shape index (κ2) is 9.38. The Morgan fingerprint density at radius 2 is 1.54 bits per heavy atom. The number of nitrogen functional groups attached to an aromatic ring is 1. The fourth-order valence-electron chi connectivity index (χ4n) is 3.80. The van der Waals surface area contributed by atoms with E-state index in [4.69, 9.17) is 10.5 Å². The number of nitrogens with zero attached hydrogens (tertiary/aromatic N) is 4. The Labute approximate surface area is 200 Å². The van der Waals surface area contributed by atoms with E-state index in [1.54, 1.807) is 31.4 Å². The van der Waals surface area contributed by atoms with Gasteiger partial charge in [-0.3, -0.25) is 0 Å². The first-order chi connectivity index (χ1) is 17.0.